The summed E-state index contributed by atoms with van der Waals surface area (Å²) in [6.07, 6.45) is 0. The SMILES string of the molecule is CC[O-].CC[O-].CC[O-].CC[O-].CC[O-].CC[O-].CC[O-].CC[O-].[Al+3].[Al+3].[Mg+2]. The number of rotatable bonds is 0. The van der Waals surface area contributed by atoms with E-state index >= 15 is 0 Å². The summed E-state index contributed by atoms with van der Waals surface area (Å²) in [5, 5.41) is 71.4. The average molecular weight is 439 g/mol. The van der Waals surface area contributed by atoms with E-state index in [1.807, 2.05) is 0 Å². The van der Waals surface area contributed by atoms with Gasteiger partial charge in [-0.05, 0) is 0 Å². The minimum absolute atomic E-state index is 0. The van der Waals surface area contributed by atoms with E-state index in [1.54, 1.807) is 55.4 Å². The van der Waals surface area contributed by atoms with Gasteiger partial charge in [-0.2, -0.15) is 0 Å². The first-order valence-electron chi connectivity index (χ1n) is 7.97. The summed E-state index contributed by atoms with van der Waals surface area (Å²) in [6, 6.07) is 0. The van der Waals surface area contributed by atoms with E-state index in [2.05, 4.69) is 0 Å². The normalized spacial score (nSPS) is 5.33. The molecule has 0 N–H and O–H groups in total. The Hall–Kier alpha value is 1.51. The fourth-order valence-electron chi connectivity index (χ4n) is 0. The molecular formula is C16H40Al2MgO8. The molecule has 0 aromatic carbocycles. The minimum atomic E-state index is 0. The molecule has 0 saturated heterocycles. The Morgan fingerprint density at radius 2 is 0.296 bits per heavy atom. The molecule has 160 valence electrons. The Morgan fingerprint density at radius 3 is 0.296 bits per heavy atom. The molecule has 0 spiro atoms. The molecule has 0 aliphatic heterocycles. The Labute approximate surface area is 206 Å². The largest absolute Gasteiger partial charge is 3.00 e. The molecule has 0 aromatic heterocycles. The zero-order chi connectivity index (χ0) is 21.7. The van der Waals surface area contributed by atoms with Crippen LogP contribution in [-0.4, -0.2) is 111 Å². The van der Waals surface area contributed by atoms with Crippen LogP contribution in [0.4, 0.5) is 0 Å². The van der Waals surface area contributed by atoms with Crippen molar-refractivity contribution < 1.29 is 40.9 Å². The fourth-order valence-corrected chi connectivity index (χ4v) is 0. The van der Waals surface area contributed by atoms with Gasteiger partial charge in [0.15, 0.2) is 0 Å². The van der Waals surface area contributed by atoms with Crippen molar-refractivity contribution in [3.63, 3.8) is 0 Å². The van der Waals surface area contributed by atoms with Crippen molar-refractivity contribution in [2.75, 3.05) is 52.9 Å². The van der Waals surface area contributed by atoms with Crippen molar-refractivity contribution in [2.45, 2.75) is 55.4 Å². The van der Waals surface area contributed by atoms with E-state index in [4.69, 9.17) is 40.9 Å². The maximum Gasteiger partial charge on any atom is 3.00 e. The van der Waals surface area contributed by atoms with Crippen LogP contribution in [0.15, 0.2) is 0 Å². The van der Waals surface area contributed by atoms with Crippen LogP contribution in [0.3, 0.4) is 0 Å². The molecule has 0 aromatic rings. The standard InChI is InChI=1S/8C2H5O.2Al.Mg/c8*1-2-3;;;/h8*2H2,1H3;;;/q8*-1;2*+3;+2. The van der Waals surface area contributed by atoms with Gasteiger partial charge in [0.1, 0.15) is 0 Å². The monoisotopic (exact) mass is 438 g/mol. The van der Waals surface area contributed by atoms with Crippen LogP contribution >= 0.6 is 0 Å². The maximum absolute atomic E-state index is 8.93. The molecule has 0 unspecified atom stereocenters. The molecule has 0 aliphatic carbocycles. The van der Waals surface area contributed by atoms with Gasteiger partial charge in [0.25, 0.3) is 0 Å². The van der Waals surface area contributed by atoms with Crippen LogP contribution < -0.4 is 40.9 Å². The summed E-state index contributed by atoms with van der Waals surface area (Å²) in [7, 11) is 0. The third-order valence-corrected chi connectivity index (χ3v) is 0. The van der Waals surface area contributed by atoms with Crippen LogP contribution in [0, 0.1) is 0 Å². The van der Waals surface area contributed by atoms with Gasteiger partial charge in [0, 0.05) is 0 Å². The summed E-state index contributed by atoms with van der Waals surface area (Å²) in [6.45, 7) is 12.6. The first-order valence-corrected chi connectivity index (χ1v) is 7.97. The summed E-state index contributed by atoms with van der Waals surface area (Å²) in [4.78, 5) is 0. The van der Waals surface area contributed by atoms with Crippen molar-refractivity contribution >= 4 is 57.8 Å². The van der Waals surface area contributed by atoms with Gasteiger partial charge < -0.3 is 40.9 Å². The van der Waals surface area contributed by atoms with E-state index in [0.29, 0.717) is 0 Å². The van der Waals surface area contributed by atoms with Gasteiger partial charge in [-0.15, -0.1) is 52.9 Å². The number of hydrogen-bond donors (Lipinski definition) is 0. The predicted molar refractivity (Wildman–Crippen MR) is 102 cm³/mol. The zero-order valence-electron chi connectivity index (χ0n) is 18.8. The van der Waals surface area contributed by atoms with Crippen LogP contribution in [0.2, 0.25) is 0 Å². The molecule has 0 fully saturated rings. The topological polar surface area (TPSA) is 184 Å². The number of hydrogen-bond acceptors (Lipinski definition) is 8. The Bertz CT molecular complexity index is 62.4. The molecule has 11 heteroatoms. The van der Waals surface area contributed by atoms with E-state index in [9.17, 15) is 0 Å². The molecule has 0 amide bonds. The van der Waals surface area contributed by atoms with Crippen molar-refractivity contribution in [1.82, 2.24) is 0 Å². The zero-order valence-corrected chi connectivity index (χ0v) is 22.5. The molecule has 0 radical (unpaired) electrons. The summed E-state index contributed by atoms with van der Waals surface area (Å²) < 4.78 is 0. The van der Waals surface area contributed by atoms with Crippen molar-refractivity contribution in [2.24, 2.45) is 0 Å². The van der Waals surface area contributed by atoms with Gasteiger partial charge in [0.05, 0.1) is 0 Å². The predicted octanol–water partition coefficient (Wildman–Crippen LogP) is -6.21. The smallest absolute Gasteiger partial charge is 0.855 e. The van der Waals surface area contributed by atoms with Crippen molar-refractivity contribution in [1.29, 1.82) is 0 Å². The second kappa shape index (κ2) is 214. The van der Waals surface area contributed by atoms with Crippen LogP contribution in [-0.2, 0) is 0 Å². The van der Waals surface area contributed by atoms with Crippen LogP contribution in [0.5, 0.6) is 0 Å². The Balaban J connectivity index is -0.0000000119. The Kier molecular flexibility index (Phi) is 557. The molecule has 0 rings (SSSR count). The summed E-state index contributed by atoms with van der Waals surface area (Å²) in [5.41, 5.74) is 0. The molecule has 27 heavy (non-hydrogen) atoms. The van der Waals surface area contributed by atoms with E-state index < -0.39 is 0 Å². The molecule has 0 atom stereocenters. The van der Waals surface area contributed by atoms with Crippen molar-refractivity contribution in [3.8, 4) is 0 Å². The molecule has 0 saturated carbocycles. The van der Waals surface area contributed by atoms with E-state index in [-0.39, 0.29) is 111 Å². The molecular weight excluding hydrogens is 398 g/mol. The van der Waals surface area contributed by atoms with Gasteiger partial charge in [-0.3, -0.25) is 0 Å². The van der Waals surface area contributed by atoms with Crippen LogP contribution in [0.25, 0.3) is 0 Å². The van der Waals surface area contributed by atoms with Gasteiger partial charge in [-0.1, -0.05) is 55.4 Å². The van der Waals surface area contributed by atoms with E-state index in [0.717, 1.165) is 0 Å². The molecule has 0 heterocycles. The van der Waals surface area contributed by atoms with Gasteiger partial charge in [0.2, 0.25) is 0 Å². The first kappa shape index (κ1) is 70.4. The maximum atomic E-state index is 8.93. The molecule has 0 aliphatic rings. The van der Waals surface area contributed by atoms with E-state index in [1.165, 1.54) is 0 Å². The quantitative estimate of drug-likeness (QED) is 0.334. The van der Waals surface area contributed by atoms with Gasteiger partial charge in [-0.25, -0.2) is 0 Å². The third-order valence-electron chi connectivity index (χ3n) is 0. The minimum Gasteiger partial charge on any atom is -0.855 e. The van der Waals surface area contributed by atoms with Crippen LogP contribution in [0.1, 0.15) is 55.4 Å². The fraction of sp³-hybridized carbons (Fsp3) is 1.00. The average Bonchev–Trinajstić information content (AvgIpc) is 2.45. The molecule has 0 bridgehead atoms. The van der Waals surface area contributed by atoms with Crippen molar-refractivity contribution in [3.05, 3.63) is 0 Å². The summed E-state index contributed by atoms with van der Waals surface area (Å²) in [5.74, 6) is 0. The second-order valence-electron chi connectivity index (χ2n) is 2.31. The third kappa shape index (κ3) is 7840. The van der Waals surface area contributed by atoms with Gasteiger partial charge >= 0.3 is 57.8 Å². The first-order chi connectivity index (χ1) is 11.3. The Morgan fingerprint density at radius 1 is 0.296 bits per heavy atom. The molecule has 8 nitrogen and oxygen atoms in total. The summed E-state index contributed by atoms with van der Waals surface area (Å²) >= 11 is 0. The second-order valence-corrected chi connectivity index (χ2v) is 2.31.